The molecule has 1 aromatic heterocycles. The van der Waals surface area contributed by atoms with Crippen LogP contribution >= 0.6 is 7.60 Å². The molecular formula is C18H17N4O7P. The maximum atomic E-state index is 13.0. The lowest BCUT2D eigenvalue weighted by Crippen LogP contribution is -2.36. The van der Waals surface area contributed by atoms with Crippen molar-refractivity contribution >= 4 is 35.1 Å². The van der Waals surface area contributed by atoms with Gasteiger partial charge in [0, 0.05) is 11.5 Å². The maximum Gasteiger partial charge on any atom is 0.350 e. The number of H-pyrrole nitrogens is 1. The Morgan fingerprint density at radius 2 is 1.87 bits per heavy atom. The first-order valence-corrected chi connectivity index (χ1v) is 10.6. The molecule has 0 fully saturated rings. The Morgan fingerprint density at radius 3 is 2.43 bits per heavy atom. The van der Waals surface area contributed by atoms with Gasteiger partial charge in [-0.05, 0) is 26.0 Å². The molecule has 0 aliphatic carbocycles. The molecule has 0 aliphatic heterocycles. The molecule has 2 aromatic carbocycles. The fourth-order valence-electron chi connectivity index (χ4n) is 3.18. The summed E-state index contributed by atoms with van der Waals surface area (Å²) in [5, 5.41) is 21.2. The van der Waals surface area contributed by atoms with E-state index < -0.39 is 29.9 Å². The van der Waals surface area contributed by atoms with Crippen molar-refractivity contribution in [1.29, 1.82) is 5.26 Å². The maximum absolute atomic E-state index is 13.0. The van der Waals surface area contributed by atoms with E-state index in [1.54, 1.807) is 13.8 Å². The van der Waals surface area contributed by atoms with Gasteiger partial charge >= 0.3 is 18.7 Å². The van der Waals surface area contributed by atoms with Gasteiger partial charge in [0.25, 0.3) is 5.69 Å². The van der Waals surface area contributed by atoms with Crippen molar-refractivity contribution in [2.24, 2.45) is 0 Å². The average molecular weight is 432 g/mol. The quantitative estimate of drug-likeness (QED) is 0.196. The highest BCUT2D eigenvalue weighted by atomic mass is 31.2. The number of aromatic nitrogens is 2. The van der Waals surface area contributed by atoms with Crippen LogP contribution in [0, 0.1) is 21.4 Å². The number of benzene rings is 2. The monoisotopic (exact) mass is 432 g/mol. The number of rotatable bonds is 7. The first kappa shape index (κ1) is 21.4. The molecule has 0 unspecified atom stereocenters. The van der Waals surface area contributed by atoms with E-state index in [1.807, 2.05) is 6.07 Å². The highest BCUT2D eigenvalue weighted by molar-refractivity contribution is 7.52. The van der Waals surface area contributed by atoms with Crippen molar-refractivity contribution in [2.75, 3.05) is 13.2 Å². The molecule has 30 heavy (non-hydrogen) atoms. The minimum atomic E-state index is -3.81. The highest BCUT2D eigenvalue weighted by Gasteiger charge is 2.28. The predicted molar refractivity (Wildman–Crippen MR) is 109 cm³/mol. The summed E-state index contributed by atoms with van der Waals surface area (Å²) in [6.45, 7) is 3.26. The van der Waals surface area contributed by atoms with Crippen molar-refractivity contribution in [1.82, 2.24) is 9.55 Å². The van der Waals surface area contributed by atoms with Crippen molar-refractivity contribution in [3.63, 3.8) is 0 Å². The van der Waals surface area contributed by atoms with Gasteiger partial charge in [-0.1, -0.05) is 6.07 Å². The minimum absolute atomic E-state index is 0.0110. The van der Waals surface area contributed by atoms with Crippen LogP contribution in [-0.4, -0.2) is 27.7 Å². The molecule has 3 rings (SSSR count). The summed E-state index contributed by atoms with van der Waals surface area (Å²) in [6.07, 6.45) is -0.590. The second-order valence-corrected chi connectivity index (χ2v) is 8.22. The van der Waals surface area contributed by atoms with E-state index in [9.17, 15) is 24.3 Å². The topological polar surface area (TPSA) is 157 Å². The number of nitro groups is 1. The third kappa shape index (κ3) is 3.76. The summed E-state index contributed by atoms with van der Waals surface area (Å²) in [7, 11) is -3.81. The summed E-state index contributed by atoms with van der Waals surface area (Å²) in [4.78, 5) is 38.3. The summed E-state index contributed by atoms with van der Waals surface area (Å²) in [5.74, 6) is 0. The molecule has 0 saturated heterocycles. The zero-order valence-corrected chi connectivity index (χ0v) is 17.0. The second-order valence-electron chi connectivity index (χ2n) is 6.19. The average Bonchev–Trinajstić information content (AvgIpc) is 2.70. The van der Waals surface area contributed by atoms with E-state index in [0.717, 1.165) is 10.6 Å². The van der Waals surface area contributed by atoms with Gasteiger partial charge in [0.05, 0.1) is 46.2 Å². The van der Waals surface area contributed by atoms with Crippen molar-refractivity contribution in [2.45, 2.75) is 20.1 Å². The Bertz CT molecular complexity index is 1360. The Morgan fingerprint density at radius 1 is 1.20 bits per heavy atom. The van der Waals surface area contributed by atoms with Crippen molar-refractivity contribution in [3.05, 3.63) is 60.7 Å². The molecule has 0 spiro atoms. The van der Waals surface area contributed by atoms with Crippen LogP contribution in [0.5, 0.6) is 0 Å². The van der Waals surface area contributed by atoms with Crippen molar-refractivity contribution in [3.8, 4) is 6.07 Å². The van der Waals surface area contributed by atoms with Gasteiger partial charge in [-0.15, -0.1) is 0 Å². The van der Waals surface area contributed by atoms with E-state index in [1.165, 1.54) is 18.2 Å². The van der Waals surface area contributed by atoms with Crippen LogP contribution in [0.3, 0.4) is 0 Å². The highest BCUT2D eigenvalue weighted by Crippen LogP contribution is 2.49. The lowest BCUT2D eigenvalue weighted by Gasteiger charge is -2.19. The van der Waals surface area contributed by atoms with Gasteiger partial charge in [0.1, 0.15) is 6.29 Å². The van der Waals surface area contributed by atoms with Crippen LogP contribution in [0.15, 0.2) is 33.9 Å². The van der Waals surface area contributed by atoms with E-state index in [2.05, 4.69) is 4.98 Å². The summed E-state index contributed by atoms with van der Waals surface area (Å²) in [5.41, 5.74) is -2.12. The van der Waals surface area contributed by atoms with Crippen LogP contribution in [0.2, 0.25) is 0 Å². The molecule has 156 valence electrons. The number of nitro benzene ring substituents is 1. The fourth-order valence-corrected chi connectivity index (χ4v) is 4.83. The van der Waals surface area contributed by atoms with Gasteiger partial charge in [-0.2, -0.15) is 5.26 Å². The molecule has 1 N–H and O–H groups in total. The number of nitriles is 1. The normalized spacial score (nSPS) is 11.6. The zero-order chi connectivity index (χ0) is 22.1. The van der Waals surface area contributed by atoms with Crippen LogP contribution in [0.25, 0.3) is 21.8 Å². The molecule has 0 amide bonds. The molecule has 0 bridgehead atoms. The Kier molecular flexibility index (Phi) is 5.85. The summed E-state index contributed by atoms with van der Waals surface area (Å²) < 4.78 is 24.2. The van der Waals surface area contributed by atoms with E-state index in [-0.39, 0.29) is 46.3 Å². The fraction of sp³-hybridized carbons (Fsp3) is 0.278. The molecule has 3 aromatic rings. The van der Waals surface area contributed by atoms with Gasteiger partial charge in [0.15, 0.2) is 0 Å². The lowest BCUT2D eigenvalue weighted by molar-refractivity contribution is -0.383. The third-order valence-corrected chi connectivity index (χ3v) is 6.29. The largest absolute Gasteiger partial charge is 0.350 e. The van der Waals surface area contributed by atoms with Gasteiger partial charge in [0.2, 0.25) is 0 Å². The molecule has 1 heterocycles. The first-order chi connectivity index (χ1) is 14.2. The molecule has 11 nitrogen and oxygen atoms in total. The Hall–Kier alpha value is -3.32. The van der Waals surface area contributed by atoms with Crippen LogP contribution in [0.4, 0.5) is 5.69 Å². The van der Waals surface area contributed by atoms with Gasteiger partial charge in [-0.3, -0.25) is 28.8 Å². The molecule has 0 atom stereocenters. The zero-order valence-electron chi connectivity index (χ0n) is 16.1. The number of nitrogens with one attached hydrogen (secondary N) is 1. The predicted octanol–water partition coefficient (Wildman–Crippen LogP) is 2.85. The van der Waals surface area contributed by atoms with Gasteiger partial charge in [-0.25, -0.2) is 0 Å². The van der Waals surface area contributed by atoms with Crippen molar-refractivity contribution < 1.29 is 18.5 Å². The Labute approximate surface area is 169 Å². The minimum Gasteiger partial charge on any atom is -0.315 e. The summed E-state index contributed by atoms with van der Waals surface area (Å²) in [6, 6.07) is 7.20. The second kappa shape index (κ2) is 8.20. The molecule has 0 aliphatic rings. The lowest BCUT2D eigenvalue weighted by atomic mass is 10.0. The van der Waals surface area contributed by atoms with Crippen LogP contribution in [-0.2, 0) is 19.9 Å². The first-order valence-electron chi connectivity index (χ1n) is 8.90. The number of nitrogens with zero attached hydrogens (tertiary/aromatic N) is 3. The third-order valence-electron chi connectivity index (χ3n) is 4.36. The Balaban J connectivity index is 2.44. The standard InChI is InChI=1S/C18H17N4O7P/c1-3-28-30(27,29-4-2)10-21-15-8-14(22(25)26)13-7-11(9-19)5-6-12(13)16(15)20-17(23)18(21)24/h5-8H,3-4,10H2,1-2H3,(H,20,23). The summed E-state index contributed by atoms with van der Waals surface area (Å²) >= 11 is 0. The smallest absolute Gasteiger partial charge is 0.315 e. The SMILES string of the molecule is CCOP(=O)(Cn1c(=O)c(=O)[nH]c2c3ccc(C#N)cc3c([N+](=O)[O-])cc21)OCC. The van der Waals surface area contributed by atoms with Crippen LogP contribution < -0.4 is 11.1 Å². The van der Waals surface area contributed by atoms with E-state index in [4.69, 9.17) is 14.3 Å². The van der Waals surface area contributed by atoms with E-state index in [0.29, 0.717) is 0 Å². The van der Waals surface area contributed by atoms with Gasteiger partial charge < -0.3 is 14.0 Å². The number of hydrogen-bond donors (Lipinski definition) is 1. The number of aromatic amines is 1. The molecule has 12 heteroatoms. The van der Waals surface area contributed by atoms with E-state index >= 15 is 0 Å². The number of hydrogen-bond acceptors (Lipinski definition) is 8. The molecular weight excluding hydrogens is 415 g/mol. The number of fused-ring (bicyclic) bond motifs is 3. The molecule has 0 radical (unpaired) electrons. The van der Waals surface area contributed by atoms with Crippen LogP contribution in [0.1, 0.15) is 19.4 Å². The number of non-ortho nitro benzene ring substituents is 1. The molecule has 0 saturated carbocycles.